The van der Waals surface area contributed by atoms with E-state index in [1.54, 1.807) is 0 Å². The second-order valence-electron chi connectivity index (χ2n) is 8.71. The molecule has 2 unspecified atom stereocenters. The second-order valence-corrected chi connectivity index (χ2v) is 8.71. The van der Waals surface area contributed by atoms with Crippen LogP contribution in [0.3, 0.4) is 0 Å². The Morgan fingerprint density at radius 2 is 1.71 bits per heavy atom. The van der Waals surface area contributed by atoms with Gasteiger partial charge < -0.3 is 10.1 Å². The smallest absolute Gasteiger partial charge is 0.220 e. The highest BCUT2D eigenvalue weighted by Gasteiger charge is 2.28. The van der Waals surface area contributed by atoms with E-state index in [4.69, 9.17) is 4.74 Å². The Balaban J connectivity index is 1.27. The Morgan fingerprint density at radius 1 is 1.03 bits per heavy atom. The molecule has 172 valence electrons. The van der Waals surface area contributed by atoms with Crippen LogP contribution in [0.5, 0.6) is 0 Å². The Labute approximate surface area is 185 Å². The van der Waals surface area contributed by atoms with Gasteiger partial charge in [-0.2, -0.15) is 0 Å². The molecule has 0 bridgehead atoms. The van der Waals surface area contributed by atoms with Gasteiger partial charge >= 0.3 is 0 Å². The van der Waals surface area contributed by atoms with E-state index in [2.05, 4.69) is 15.1 Å². The molecule has 3 rings (SSSR count). The molecule has 2 fully saturated rings. The number of carbonyl (C=O) groups is 2. The van der Waals surface area contributed by atoms with E-state index in [-0.39, 0.29) is 29.7 Å². The van der Waals surface area contributed by atoms with Crippen LogP contribution >= 0.6 is 0 Å². The lowest BCUT2D eigenvalue weighted by Crippen LogP contribution is -2.48. The Morgan fingerprint density at radius 3 is 2.42 bits per heavy atom. The van der Waals surface area contributed by atoms with Crippen molar-refractivity contribution in [3.8, 4) is 0 Å². The number of hydrogen-bond donors (Lipinski definition) is 1. The Kier molecular flexibility index (Phi) is 9.43. The van der Waals surface area contributed by atoms with Crippen LogP contribution in [-0.4, -0.2) is 73.0 Å². The predicted octanol–water partition coefficient (Wildman–Crippen LogP) is 2.76. The van der Waals surface area contributed by atoms with Crippen molar-refractivity contribution >= 4 is 11.7 Å². The first-order chi connectivity index (χ1) is 15.0. The molecule has 1 aromatic carbocycles. The number of ether oxygens (including phenoxy) is 1. The maximum absolute atomic E-state index is 13.0. The van der Waals surface area contributed by atoms with Crippen molar-refractivity contribution in [2.24, 2.45) is 0 Å². The maximum atomic E-state index is 13.0. The minimum atomic E-state index is -0.188. The number of carbonyl (C=O) groups excluding carboxylic acids is 2. The highest BCUT2D eigenvalue weighted by Crippen LogP contribution is 2.21. The summed E-state index contributed by atoms with van der Waals surface area (Å²) in [7, 11) is 0. The predicted molar refractivity (Wildman–Crippen MR) is 118 cm³/mol. The number of nitrogens with one attached hydrogen (secondary N) is 1. The molecule has 2 saturated heterocycles. The topological polar surface area (TPSA) is 61.9 Å². The number of hydrogen-bond acceptors (Lipinski definition) is 5. The van der Waals surface area contributed by atoms with Crippen molar-refractivity contribution in [3.63, 3.8) is 0 Å². The fourth-order valence-corrected chi connectivity index (χ4v) is 4.27. The minimum Gasteiger partial charge on any atom is -0.372 e. The number of halogens is 1. The molecule has 2 aliphatic rings. The molecule has 0 saturated carbocycles. The van der Waals surface area contributed by atoms with Crippen LogP contribution in [0.15, 0.2) is 24.3 Å². The maximum Gasteiger partial charge on any atom is 0.220 e. The summed E-state index contributed by atoms with van der Waals surface area (Å²) in [5, 5.41) is 2.95. The molecule has 31 heavy (non-hydrogen) atoms. The lowest BCUT2D eigenvalue weighted by Gasteiger charge is -2.35. The number of piperazine rings is 1. The highest BCUT2D eigenvalue weighted by atomic mass is 19.1. The van der Waals surface area contributed by atoms with Crippen LogP contribution in [0.2, 0.25) is 0 Å². The first-order valence-corrected chi connectivity index (χ1v) is 11.6. The summed E-state index contributed by atoms with van der Waals surface area (Å²) in [6.45, 7) is 8.25. The summed E-state index contributed by atoms with van der Waals surface area (Å²) in [5.41, 5.74) is 1.15. The molecular formula is C24H36FN3O3. The van der Waals surface area contributed by atoms with Gasteiger partial charge in [0.25, 0.3) is 0 Å². The number of ketones is 1. The van der Waals surface area contributed by atoms with E-state index >= 15 is 0 Å². The van der Waals surface area contributed by atoms with Crippen molar-refractivity contribution in [2.75, 3.05) is 39.3 Å². The van der Waals surface area contributed by atoms with E-state index in [0.29, 0.717) is 32.2 Å². The van der Waals surface area contributed by atoms with E-state index in [1.807, 2.05) is 19.1 Å². The number of rotatable bonds is 11. The summed E-state index contributed by atoms with van der Waals surface area (Å²) in [5.74, 6) is 0.0331. The fraction of sp³-hybridized carbons (Fsp3) is 0.667. The van der Waals surface area contributed by atoms with Gasteiger partial charge in [0.1, 0.15) is 11.6 Å². The molecule has 2 heterocycles. The SMILES string of the molecule is CCC(=O)CCCC(=O)NCC1CCC(CN2CCN(Cc3ccc(F)cc3)CC2)O1. The summed E-state index contributed by atoms with van der Waals surface area (Å²) >= 11 is 0. The number of benzene rings is 1. The third-order valence-electron chi connectivity index (χ3n) is 6.22. The molecule has 1 aromatic rings. The van der Waals surface area contributed by atoms with Gasteiger partial charge in [-0.15, -0.1) is 0 Å². The number of nitrogens with zero attached hydrogens (tertiary/aromatic N) is 2. The van der Waals surface area contributed by atoms with Gasteiger partial charge in [-0.3, -0.25) is 19.4 Å². The van der Waals surface area contributed by atoms with Crippen molar-refractivity contribution in [1.82, 2.24) is 15.1 Å². The van der Waals surface area contributed by atoms with Crippen LogP contribution in [-0.2, 0) is 20.9 Å². The van der Waals surface area contributed by atoms with Crippen molar-refractivity contribution in [2.45, 2.75) is 64.2 Å². The normalized spacial score (nSPS) is 22.5. The molecule has 2 atom stereocenters. The molecule has 6 nitrogen and oxygen atoms in total. The Hall–Kier alpha value is -1.83. The van der Waals surface area contributed by atoms with Crippen LogP contribution in [0.25, 0.3) is 0 Å². The first kappa shape index (κ1) is 23.8. The monoisotopic (exact) mass is 433 g/mol. The molecule has 1 amide bonds. The quantitative estimate of drug-likeness (QED) is 0.582. The summed E-state index contributed by atoms with van der Waals surface area (Å²) in [4.78, 5) is 28.1. The van der Waals surface area contributed by atoms with Crippen molar-refractivity contribution in [1.29, 1.82) is 0 Å². The molecule has 2 aliphatic heterocycles. The molecule has 0 radical (unpaired) electrons. The van der Waals surface area contributed by atoms with Gasteiger partial charge in [-0.1, -0.05) is 19.1 Å². The average molecular weight is 434 g/mol. The Bertz CT molecular complexity index is 705. The highest BCUT2D eigenvalue weighted by molar-refractivity contribution is 5.80. The van der Waals surface area contributed by atoms with Crippen molar-refractivity contribution in [3.05, 3.63) is 35.6 Å². The summed E-state index contributed by atoms with van der Waals surface area (Å²) in [6.07, 6.45) is 4.39. The molecule has 1 N–H and O–H groups in total. The van der Waals surface area contributed by atoms with Gasteiger partial charge in [-0.05, 0) is 37.0 Å². The van der Waals surface area contributed by atoms with Gasteiger partial charge in [-0.25, -0.2) is 4.39 Å². The molecule has 0 spiro atoms. The molecule has 0 aromatic heterocycles. The summed E-state index contributed by atoms with van der Waals surface area (Å²) in [6, 6.07) is 6.76. The largest absolute Gasteiger partial charge is 0.372 e. The van der Waals surface area contributed by atoms with E-state index in [0.717, 1.165) is 57.7 Å². The van der Waals surface area contributed by atoms with E-state index in [1.165, 1.54) is 12.1 Å². The number of amides is 1. The van der Waals surface area contributed by atoms with Crippen LogP contribution in [0.4, 0.5) is 4.39 Å². The standard InChI is InChI=1S/C24H36FN3O3/c1-2-21(29)4-3-5-24(30)26-16-22-10-11-23(31-22)18-28-14-12-27(13-15-28)17-19-6-8-20(25)9-7-19/h6-9,22-23H,2-5,10-18H2,1H3,(H,26,30). The third kappa shape index (κ3) is 8.31. The average Bonchev–Trinajstić information content (AvgIpc) is 3.22. The summed E-state index contributed by atoms with van der Waals surface area (Å²) < 4.78 is 19.2. The van der Waals surface area contributed by atoms with Gasteiger partial charge in [0.15, 0.2) is 0 Å². The first-order valence-electron chi connectivity index (χ1n) is 11.6. The zero-order valence-corrected chi connectivity index (χ0v) is 18.7. The van der Waals surface area contributed by atoms with Gasteiger partial charge in [0.05, 0.1) is 12.2 Å². The minimum absolute atomic E-state index is 0.00762. The van der Waals surface area contributed by atoms with Crippen molar-refractivity contribution < 1.29 is 18.7 Å². The molecule has 0 aliphatic carbocycles. The number of Topliss-reactive ketones (excluding diaryl/α,β-unsaturated/α-hetero) is 1. The fourth-order valence-electron chi connectivity index (χ4n) is 4.27. The molecule has 7 heteroatoms. The van der Waals surface area contributed by atoms with Crippen LogP contribution < -0.4 is 5.32 Å². The van der Waals surface area contributed by atoms with E-state index in [9.17, 15) is 14.0 Å². The second kappa shape index (κ2) is 12.3. The zero-order chi connectivity index (χ0) is 22.1. The van der Waals surface area contributed by atoms with E-state index < -0.39 is 0 Å². The van der Waals surface area contributed by atoms with Gasteiger partial charge in [0, 0.05) is 65.1 Å². The van der Waals surface area contributed by atoms with Crippen LogP contribution in [0, 0.1) is 5.82 Å². The van der Waals surface area contributed by atoms with Gasteiger partial charge in [0.2, 0.25) is 5.91 Å². The molecular weight excluding hydrogens is 397 g/mol. The van der Waals surface area contributed by atoms with Crippen LogP contribution in [0.1, 0.15) is 51.0 Å². The lowest BCUT2D eigenvalue weighted by molar-refractivity contribution is -0.122. The zero-order valence-electron chi connectivity index (χ0n) is 18.7. The third-order valence-corrected chi connectivity index (χ3v) is 6.22. The lowest BCUT2D eigenvalue weighted by atomic mass is 10.1.